The molecular formula is C16H26F3N3O4S. The van der Waals surface area contributed by atoms with Gasteiger partial charge in [0.25, 0.3) is 0 Å². The second-order valence-corrected chi connectivity index (χ2v) is 8.88. The lowest BCUT2D eigenvalue weighted by atomic mass is 9.76. The minimum absolute atomic E-state index is 0.133. The fourth-order valence-corrected chi connectivity index (χ4v) is 5.25. The molecule has 0 spiro atoms. The maximum absolute atomic E-state index is 13.5. The Bertz CT molecular complexity index is 650. The summed E-state index contributed by atoms with van der Waals surface area (Å²) in [6.45, 7) is 1.03. The van der Waals surface area contributed by atoms with Gasteiger partial charge in [-0.25, -0.2) is 4.72 Å². The van der Waals surface area contributed by atoms with Gasteiger partial charge in [0.05, 0.1) is 5.41 Å². The predicted molar refractivity (Wildman–Crippen MR) is 91.7 cm³/mol. The van der Waals surface area contributed by atoms with Crippen LogP contribution in [0.3, 0.4) is 0 Å². The fourth-order valence-electron chi connectivity index (χ4n) is 3.83. The molecule has 2 N–H and O–H groups in total. The Kier molecular flexibility index (Phi) is 6.77. The molecule has 0 aromatic heterocycles. The average Bonchev–Trinajstić information content (AvgIpc) is 2.57. The monoisotopic (exact) mass is 413 g/mol. The van der Waals surface area contributed by atoms with Gasteiger partial charge in [-0.05, 0) is 19.3 Å². The second-order valence-electron chi connectivity index (χ2n) is 7.26. The number of rotatable bonds is 6. The Hall–Kier alpha value is -1.36. The van der Waals surface area contributed by atoms with Crippen LogP contribution in [-0.2, 0) is 19.8 Å². The SMILES string of the molecule is CCN(C1CCCCC1)S(=O)(=O)NC(=O)CC1(C(F)(F)F)CCC(=O)NC1. The van der Waals surface area contributed by atoms with E-state index in [1.165, 1.54) is 0 Å². The third kappa shape index (κ3) is 5.13. The van der Waals surface area contributed by atoms with Gasteiger partial charge >= 0.3 is 16.4 Å². The van der Waals surface area contributed by atoms with Crippen molar-refractivity contribution in [2.45, 2.75) is 70.5 Å². The first-order chi connectivity index (χ1) is 12.5. The second kappa shape index (κ2) is 8.34. The Balaban J connectivity index is 2.10. The first kappa shape index (κ1) is 21.9. The number of hydrogen-bond acceptors (Lipinski definition) is 4. The molecule has 1 unspecified atom stereocenters. The summed E-state index contributed by atoms with van der Waals surface area (Å²) in [6.07, 6.45) is -2.58. The first-order valence-corrected chi connectivity index (χ1v) is 10.6. The Morgan fingerprint density at radius 3 is 2.41 bits per heavy atom. The number of carbonyl (C=O) groups is 2. The van der Waals surface area contributed by atoms with Crippen molar-refractivity contribution in [3.63, 3.8) is 0 Å². The molecule has 2 aliphatic rings. The number of halogens is 3. The van der Waals surface area contributed by atoms with E-state index in [9.17, 15) is 31.2 Å². The van der Waals surface area contributed by atoms with Crippen molar-refractivity contribution < 1.29 is 31.2 Å². The van der Waals surface area contributed by atoms with Gasteiger partial charge in [-0.3, -0.25) is 9.59 Å². The van der Waals surface area contributed by atoms with Crippen molar-refractivity contribution in [1.82, 2.24) is 14.3 Å². The molecule has 1 aliphatic carbocycles. The van der Waals surface area contributed by atoms with Crippen molar-refractivity contribution in [3.05, 3.63) is 0 Å². The molecule has 27 heavy (non-hydrogen) atoms. The zero-order valence-electron chi connectivity index (χ0n) is 15.3. The van der Waals surface area contributed by atoms with E-state index < -0.39 is 53.0 Å². The zero-order chi connectivity index (χ0) is 20.3. The Morgan fingerprint density at radius 2 is 1.93 bits per heavy atom. The quantitative estimate of drug-likeness (QED) is 0.695. The Labute approximate surface area is 157 Å². The minimum Gasteiger partial charge on any atom is -0.355 e. The van der Waals surface area contributed by atoms with Crippen LogP contribution in [0.5, 0.6) is 0 Å². The van der Waals surface area contributed by atoms with Crippen LogP contribution in [0.2, 0.25) is 0 Å². The molecule has 1 aliphatic heterocycles. The number of carbonyl (C=O) groups excluding carboxylic acids is 2. The number of nitrogens with one attached hydrogen (secondary N) is 2. The largest absolute Gasteiger partial charge is 0.396 e. The molecule has 1 saturated carbocycles. The van der Waals surface area contributed by atoms with Crippen molar-refractivity contribution in [1.29, 1.82) is 0 Å². The lowest BCUT2D eigenvalue weighted by molar-refractivity contribution is -0.230. The van der Waals surface area contributed by atoms with Gasteiger partial charge in [0.15, 0.2) is 0 Å². The summed E-state index contributed by atoms with van der Waals surface area (Å²) in [5, 5.41) is 2.13. The molecule has 0 aromatic carbocycles. The van der Waals surface area contributed by atoms with Crippen molar-refractivity contribution >= 4 is 22.0 Å². The molecule has 156 valence electrons. The molecule has 0 bridgehead atoms. The van der Waals surface area contributed by atoms with Crippen LogP contribution in [0, 0.1) is 5.41 Å². The number of nitrogens with zero attached hydrogens (tertiary/aromatic N) is 1. The van der Waals surface area contributed by atoms with Crippen molar-refractivity contribution in [3.8, 4) is 0 Å². The highest BCUT2D eigenvalue weighted by molar-refractivity contribution is 7.87. The highest BCUT2D eigenvalue weighted by atomic mass is 32.2. The molecule has 1 saturated heterocycles. The first-order valence-electron chi connectivity index (χ1n) is 9.16. The van der Waals surface area contributed by atoms with E-state index in [1.807, 2.05) is 0 Å². The lowest BCUT2D eigenvalue weighted by Gasteiger charge is -2.38. The summed E-state index contributed by atoms with van der Waals surface area (Å²) < 4.78 is 68.7. The highest BCUT2D eigenvalue weighted by Gasteiger charge is 2.57. The number of hydrogen-bond donors (Lipinski definition) is 2. The van der Waals surface area contributed by atoms with Crippen LogP contribution in [0.25, 0.3) is 0 Å². The van der Waals surface area contributed by atoms with Crippen LogP contribution in [0.15, 0.2) is 0 Å². The van der Waals surface area contributed by atoms with E-state index in [2.05, 4.69) is 5.32 Å². The minimum atomic E-state index is -4.74. The zero-order valence-corrected chi connectivity index (χ0v) is 16.1. The summed E-state index contributed by atoms with van der Waals surface area (Å²) in [5.41, 5.74) is -2.46. The van der Waals surface area contributed by atoms with Crippen LogP contribution in [0.1, 0.15) is 58.3 Å². The number of amides is 2. The van der Waals surface area contributed by atoms with Gasteiger partial charge in [0.2, 0.25) is 11.8 Å². The maximum Gasteiger partial charge on any atom is 0.396 e. The summed E-state index contributed by atoms with van der Waals surface area (Å²) >= 11 is 0. The third-order valence-corrected chi connectivity index (χ3v) is 7.06. The van der Waals surface area contributed by atoms with Crippen LogP contribution in [-0.4, -0.2) is 49.8 Å². The number of alkyl halides is 3. The van der Waals surface area contributed by atoms with E-state index in [0.29, 0.717) is 12.8 Å². The van der Waals surface area contributed by atoms with Crippen molar-refractivity contribution in [2.24, 2.45) is 5.41 Å². The topological polar surface area (TPSA) is 95.6 Å². The van der Waals surface area contributed by atoms with Gasteiger partial charge in [0.1, 0.15) is 0 Å². The maximum atomic E-state index is 13.5. The van der Waals surface area contributed by atoms with E-state index >= 15 is 0 Å². The molecule has 1 atom stereocenters. The standard InChI is InChI=1S/C16H26F3N3O4S/c1-2-22(12-6-4-3-5-7-12)27(25,26)21-14(24)10-15(16(17,18)19)9-8-13(23)20-11-15/h12H,2-11H2,1H3,(H,20,23)(H,21,24). The van der Waals surface area contributed by atoms with Gasteiger partial charge in [-0.1, -0.05) is 26.2 Å². The lowest BCUT2D eigenvalue weighted by Crippen LogP contribution is -2.55. The third-order valence-electron chi connectivity index (χ3n) is 5.40. The molecular weight excluding hydrogens is 387 g/mol. The van der Waals surface area contributed by atoms with Gasteiger partial charge in [-0.15, -0.1) is 0 Å². The molecule has 1 heterocycles. The number of piperidine rings is 1. The molecule has 7 nitrogen and oxygen atoms in total. The fraction of sp³-hybridized carbons (Fsp3) is 0.875. The van der Waals surface area contributed by atoms with Gasteiger partial charge in [-0.2, -0.15) is 25.9 Å². The van der Waals surface area contributed by atoms with Crippen LogP contribution >= 0.6 is 0 Å². The van der Waals surface area contributed by atoms with Crippen molar-refractivity contribution in [2.75, 3.05) is 13.1 Å². The Morgan fingerprint density at radius 1 is 1.30 bits per heavy atom. The molecule has 2 rings (SSSR count). The molecule has 11 heteroatoms. The summed E-state index contributed by atoms with van der Waals surface area (Å²) in [4.78, 5) is 23.4. The van der Waals surface area contributed by atoms with Gasteiger partial charge in [0, 0.05) is 32.0 Å². The molecule has 0 radical (unpaired) electrons. The molecule has 2 fully saturated rings. The average molecular weight is 413 g/mol. The summed E-state index contributed by atoms with van der Waals surface area (Å²) in [7, 11) is -4.23. The van der Waals surface area contributed by atoms with E-state index in [-0.39, 0.29) is 19.0 Å². The van der Waals surface area contributed by atoms with E-state index in [1.54, 1.807) is 11.6 Å². The van der Waals surface area contributed by atoms with E-state index in [4.69, 9.17) is 0 Å². The van der Waals surface area contributed by atoms with E-state index in [0.717, 1.165) is 23.6 Å². The summed E-state index contributed by atoms with van der Waals surface area (Å²) in [6, 6.07) is -0.250. The van der Waals surface area contributed by atoms with Crippen LogP contribution in [0.4, 0.5) is 13.2 Å². The predicted octanol–water partition coefficient (Wildman–Crippen LogP) is 1.85. The van der Waals surface area contributed by atoms with Crippen LogP contribution < -0.4 is 10.0 Å². The normalized spacial score (nSPS) is 25.3. The highest BCUT2D eigenvalue weighted by Crippen LogP contribution is 2.46. The van der Waals surface area contributed by atoms with Gasteiger partial charge < -0.3 is 5.32 Å². The smallest absolute Gasteiger partial charge is 0.355 e. The molecule has 2 amide bonds. The molecule has 0 aromatic rings. The summed E-state index contributed by atoms with van der Waals surface area (Å²) in [5.74, 6) is -1.73.